The fraction of sp³-hybridized carbons (Fsp3) is 0.133. The van der Waals surface area contributed by atoms with E-state index in [1.54, 1.807) is 18.2 Å². The van der Waals surface area contributed by atoms with E-state index in [-0.39, 0.29) is 4.90 Å². The first-order valence-corrected chi connectivity index (χ1v) is 9.26. The quantitative estimate of drug-likeness (QED) is 0.732. The SMILES string of the molecule is CON(C)S(=O)(=O)c1ccc(C(=O)Nc2ccc(Br)cc2Cl)cc1. The van der Waals surface area contributed by atoms with Crippen LogP contribution in [0, 0.1) is 0 Å². The molecule has 24 heavy (non-hydrogen) atoms. The number of nitrogens with zero attached hydrogens (tertiary/aromatic N) is 1. The van der Waals surface area contributed by atoms with Crippen LogP contribution in [0.15, 0.2) is 51.8 Å². The van der Waals surface area contributed by atoms with Gasteiger partial charge in [0.15, 0.2) is 0 Å². The molecule has 0 bridgehead atoms. The molecule has 0 fully saturated rings. The van der Waals surface area contributed by atoms with Gasteiger partial charge in [0, 0.05) is 17.1 Å². The molecule has 0 aromatic heterocycles. The van der Waals surface area contributed by atoms with Crippen LogP contribution in [-0.2, 0) is 14.9 Å². The number of hydroxylamine groups is 1. The summed E-state index contributed by atoms with van der Waals surface area (Å²) in [5.74, 6) is -0.400. The van der Waals surface area contributed by atoms with Crippen LogP contribution < -0.4 is 5.32 Å². The molecule has 0 saturated heterocycles. The molecule has 0 heterocycles. The molecule has 0 saturated carbocycles. The minimum atomic E-state index is -3.75. The van der Waals surface area contributed by atoms with Crippen LogP contribution in [0.4, 0.5) is 5.69 Å². The average molecular weight is 434 g/mol. The predicted octanol–water partition coefficient (Wildman–Crippen LogP) is 3.54. The first-order chi connectivity index (χ1) is 11.3. The zero-order chi connectivity index (χ0) is 17.9. The van der Waals surface area contributed by atoms with Gasteiger partial charge in [0.05, 0.1) is 22.7 Å². The maximum Gasteiger partial charge on any atom is 0.264 e. The van der Waals surface area contributed by atoms with Crippen LogP contribution in [0.5, 0.6) is 0 Å². The highest BCUT2D eigenvalue weighted by molar-refractivity contribution is 9.10. The van der Waals surface area contributed by atoms with E-state index in [2.05, 4.69) is 21.2 Å². The number of rotatable bonds is 5. The Labute approximate surface area is 153 Å². The monoisotopic (exact) mass is 432 g/mol. The van der Waals surface area contributed by atoms with Gasteiger partial charge in [-0.3, -0.25) is 9.63 Å². The molecule has 1 amide bonds. The molecular formula is C15H14BrClN2O4S. The van der Waals surface area contributed by atoms with Crippen molar-refractivity contribution < 1.29 is 18.0 Å². The lowest BCUT2D eigenvalue weighted by Crippen LogP contribution is -2.25. The fourth-order valence-electron chi connectivity index (χ4n) is 1.81. The molecule has 0 aliphatic rings. The number of nitrogens with one attached hydrogen (secondary N) is 1. The first kappa shape index (κ1) is 18.9. The molecule has 0 atom stereocenters. The largest absolute Gasteiger partial charge is 0.321 e. The van der Waals surface area contributed by atoms with E-state index in [9.17, 15) is 13.2 Å². The molecule has 0 radical (unpaired) electrons. The highest BCUT2D eigenvalue weighted by Gasteiger charge is 2.21. The van der Waals surface area contributed by atoms with Gasteiger partial charge in [-0.15, -0.1) is 0 Å². The summed E-state index contributed by atoms with van der Waals surface area (Å²) in [4.78, 5) is 17.0. The van der Waals surface area contributed by atoms with Crippen molar-refractivity contribution in [2.24, 2.45) is 0 Å². The Balaban J connectivity index is 2.20. The number of carbonyl (C=O) groups excluding carboxylic acids is 1. The average Bonchev–Trinajstić information content (AvgIpc) is 2.56. The number of amides is 1. The van der Waals surface area contributed by atoms with Crippen molar-refractivity contribution in [1.82, 2.24) is 4.47 Å². The molecule has 2 rings (SSSR count). The minimum absolute atomic E-state index is 0.0186. The van der Waals surface area contributed by atoms with E-state index in [0.29, 0.717) is 16.3 Å². The van der Waals surface area contributed by atoms with Crippen LogP contribution >= 0.6 is 27.5 Å². The Morgan fingerprint density at radius 1 is 1.21 bits per heavy atom. The third-order valence-electron chi connectivity index (χ3n) is 3.19. The van der Waals surface area contributed by atoms with Gasteiger partial charge in [0.2, 0.25) is 0 Å². The van der Waals surface area contributed by atoms with Crippen LogP contribution in [0.2, 0.25) is 5.02 Å². The Kier molecular flexibility index (Phi) is 6.00. The van der Waals surface area contributed by atoms with Gasteiger partial charge in [-0.2, -0.15) is 0 Å². The molecule has 2 aromatic rings. The predicted molar refractivity (Wildman–Crippen MR) is 95.5 cm³/mol. The van der Waals surface area contributed by atoms with Crippen molar-refractivity contribution >= 4 is 49.1 Å². The second-order valence-electron chi connectivity index (χ2n) is 4.70. The number of hydrogen-bond acceptors (Lipinski definition) is 4. The highest BCUT2D eigenvalue weighted by Crippen LogP contribution is 2.26. The molecule has 0 unspecified atom stereocenters. The van der Waals surface area contributed by atoms with Crippen molar-refractivity contribution in [1.29, 1.82) is 0 Å². The van der Waals surface area contributed by atoms with Crippen LogP contribution in [-0.4, -0.2) is 33.0 Å². The summed E-state index contributed by atoms with van der Waals surface area (Å²) in [6.07, 6.45) is 0. The zero-order valence-electron chi connectivity index (χ0n) is 12.8. The topological polar surface area (TPSA) is 75.7 Å². The summed E-state index contributed by atoms with van der Waals surface area (Å²) in [6, 6.07) is 10.6. The van der Waals surface area contributed by atoms with Gasteiger partial charge in [0.25, 0.3) is 15.9 Å². The molecule has 0 aliphatic carbocycles. The maximum absolute atomic E-state index is 12.2. The lowest BCUT2D eigenvalue weighted by molar-refractivity contribution is -0.0258. The Morgan fingerprint density at radius 2 is 1.83 bits per heavy atom. The smallest absolute Gasteiger partial charge is 0.264 e. The van der Waals surface area contributed by atoms with E-state index in [1.807, 2.05) is 0 Å². The van der Waals surface area contributed by atoms with E-state index in [4.69, 9.17) is 16.4 Å². The summed E-state index contributed by atoms with van der Waals surface area (Å²) in [5.41, 5.74) is 0.758. The summed E-state index contributed by atoms with van der Waals surface area (Å²) in [6.45, 7) is 0. The van der Waals surface area contributed by atoms with Crippen LogP contribution in [0.1, 0.15) is 10.4 Å². The molecule has 0 aliphatic heterocycles. The number of anilines is 1. The number of hydrogen-bond donors (Lipinski definition) is 1. The third kappa shape index (κ3) is 4.14. The number of carbonyl (C=O) groups is 1. The van der Waals surface area contributed by atoms with Gasteiger partial charge in [-0.1, -0.05) is 32.0 Å². The molecule has 2 aromatic carbocycles. The van der Waals surface area contributed by atoms with Gasteiger partial charge in [-0.05, 0) is 42.5 Å². The normalized spacial score (nSPS) is 11.5. The van der Waals surface area contributed by atoms with E-state index in [0.717, 1.165) is 8.94 Å². The molecule has 1 N–H and O–H groups in total. The van der Waals surface area contributed by atoms with Crippen molar-refractivity contribution in [2.75, 3.05) is 19.5 Å². The van der Waals surface area contributed by atoms with Gasteiger partial charge < -0.3 is 5.32 Å². The summed E-state index contributed by atoms with van der Waals surface area (Å²) in [5, 5.41) is 3.06. The molecular weight excluding hydrogens is 420 g/mol. The molecule has 128 valence electrons. The van der Waals surface area contributed by atoms with Crippen LogP contribution in [0.25, 0.3) is 0 Å². The van der Waals surface area contributed by atoms with E-state index < -0.39 is 15.9 Å². The molecule has 9 heteroatoms. The fourth-order valence-corrected chi connectivity index (χ4v) is 3.50. The Hall–Kier alpha value is -1.45. The minimum Gasteiger partial charge on any atom is -0.321 e. The van der Waals surface area contributed by atoms with E-state index in [1.165, 1.54) is 38.4 Å². The second kappa shape index (κ2) is 7.62. The number of sulfonamides is 1. The number of benzene rings is 2. The van der Waals surface area contributed by atoms with Crippen molar-refractivity contribution in [3.05, 3.63) is 57.5 Å². The Morgan fingerprint density at radius 3 is 2.38 bits per heavy atom. The van der Waals surface area contributed by atoms with Crippen molar-refractivity contribution in [2.45, 2.75) is 4.90 Å². The zero-order valence-corrected chi connectivity index (χ0v) is 15.9. The second-order valence-corrected chi connectivity index (χ2v) is 7.96. The summed E-state index contributed by atoms with van der Waals surface area (Å²) in [7, 11) is -1.21. The highest BCUT2D eigenvalue weighted by atomic mass is 79.9. The number of halogens is 2. The van der Waals surface area contributed by atoms with Gasteiger partial charge in [-0.25, -0.2) is 8.42 Å². The van der Waals surface area contributed by atoms with E-state index >= 15 is 0 Å². The maximum atomic E-state index is 12.2. The van der Waals surface area contributed by atoms with Gasteiger partial charge >= 0.3 is 0 Å². The Bertz CT molecular complexity index is 856. The standard InChI is InChI=1S/C15H14BrClN2O4S/c1-19(23-2)24(21,22)12-6-3-10(4-7-12)15(20)18-14-8-5-11(16)9-13(14)17/h3-9H,1-2H3,(H,18,20). The van der Waals surface area contributed by atoms with Crippen molar-refractivity contribution in [3.8, 4) is 0 Å². The summed E-state index contributed by atoms with van der Waals surface area (Å²) >= 11 is 9.34. The summed E-state index contributed by atoms with van der Waals surface area (Å²) < 4.78 is 25.7. The third-order valence-corrected chi connectivity index (χ3v) is 5.69. The molecule has 6 nitrogen and oxygen atoms in total. The van der Waals surface area contributed by atoms with Gasteiger partial charge in [0.1, 0.15) is 0 Å². The molecule has 0 spiro atoms. The van der Waals surface area contributed by atoms with Crippen LogP contribution in [0.3, 0.4) is 0 Å². The van der Waals surface area contributed by atoms with Crippen molar-refractivity contribution in [3.63, 3.8) is 0 Å². The lowest BCUT2D eigenvalue weighted by atomic mass is 10.2. The lowest BCUT2D eigenvalue weighted by Gasteiger charge is -2.14. The first-order valence-electron chi connectivity index (χ1n) is 6.65.